The van der Waals surface area contributed by atoms with Crippen LogP contribution in [0.3, 0.4) is 0 Å². The van der Waals surface area contributed by atoms with Crippen molar-refractivity contribution in [1.29, 1.82) is 0 Å². The van der Waals surface area contributed by atoms with Gasteiger partial charge in [0.05, 0.1) is 29.5 Å². The largest absolute Gasteiger partial charge is 0.496 e. The van der Waals surface area contributed by atoms with Crippen molar-refractivity contribution < 1.29 is 14.3 Å². The number of esters is 1. The van der Waals surface area contributed by atoms with E-state index in [0.717, 1.165) is 16.5 Å². The minimum absolute atomic E-state index is 0.203. The van der Waals surface area contributed by atoms with Crippen LogP contribution in [-0.4, -0.2) is 24.3 Å². The summed E-state index contributed by atoms with van der Waals surface area (Å²) < 4.78 is 14.1. The zero-order valence-electron chi connectivity index (χ0n) is 19.5. The molecule has 2 aromatic carbocycles. The van der Waals surface area contributed by atoms with E-state index < -0.39 is 12.0 Å². The molecule has 1 aliphatic rings. The number of allylic oxidation sites excluding steroid dienone is 1. The summed E-state index contributed by atoms with van der Waals surface area (Å²) in [6.07, 6.45) is 3.16. The zero-order chi connectivity index (χ0) is 25.1. The predicted octanol–water partition coefficient (Wildman–Crippen LogP) is 5.00. The van der Waals surface area contributed by atoms with Crippen molar-refractivity contribution in [2.45, 2.75) is 32.7 Å². The highest BCUT2D eigenvalue weighted by atomic mass is 79.9. The molecule has 0 aliphatic carbocycles. The van der Waals surface area contributed by atoms with Crippen LogP contribution in [0.4, 0.5) is 0 Å². The van der Waals surface area contributed by atoms with Gasteiger partial charge in [0, 0.05) is 15.1 Å². The summed E-state index contributed by atoms with van der Waals surface area (Å²) in [4.78, 5) is 32.3. The highest BCUT2D eigenvalue weighted by Crippen LogP contribution is 2.38. The molecule has 0 saturated carbocycles. The lowest BCUT2D eigenvalue weighted by molar-refractivity contribution is -0.139. The average molecular weight is 576 g/mol. The fourth-order valence-corrected chi connectivity index (χ4v) is 5.51. The standard InChI is InChI=1S/C26H24BrClN2O4S/c1-4-6-19-22(25(32)34-5-2)23(18-14-17(28)11-12-20(18)33-3)30-24(31)21(35-26(30)29-19)13-15-7-9-16(27)10-8-15/h7-14,23H,4-6H2,1-3H3/b21-13+/t23-/m1/s1. The molecular weight excluding hydrogens is 552 g/mol. The van der Waals surface area contributed by atoms with Crippen LogP contribution >= 0.6 is 38.9 Å². The molecule has 0 saturated heterocycles. The van der Waals surface area contributed by atoms with Gasteiger partial charge in [-0.1, -0.05) is 64.3 Å². The molecule has 35 heavy (non-hydrogen) atoms. The van der Waals surface area contributed by atoms with Crippen molar-refractivity contribution in [1.82, 2.24) is 4.57 Å². The number of nitrogens with zero attached hydrogens (tertiary/aromatic N) is 2. The van der Waals surface area contributed by atoms with Crippen molar-refractivity contribution >= 4 is 50.9 Å². The molecule has 1 atom stereocenters. The van der Waals surface area contributed by atoms with Crippen molar-refractivity contribution in [3.63, 3.8) is 0 Å². The van der Waals surface area contributed by atoms with Gasteiger partial charge in [0.2, 0.25) is 0 Å². The number of aromatic nitrogens is 1. The highest BCUT2D eigenvalue weighted by Gasteiger charge is 2.36. The monoisotopic (exact) mass is 574 g/mol. The van der Waals surface area contributed by atoms with Gasteiger partial charge in [-0.15, -0.1) is 0 Å². The molecular formula is C26H24BrClN2O4S. The van der Waals surface area contributed by atoms with E-state index in [1.165, 1.54) is 11.3 Å². The van der Waals surface area contributed by atoms with Gasteiger partial charge in [-0.3, -0.25) is 9.36 Å². The lowest BCUT2D eigenvalue weighted by Crippen LogP contribution is -2.40. The Morgan fingerprint density at radius 1 is 1.23 bits per heavy atom. The van der Waals surface area contributed by atoms with Gasteiger partial charge in [-0.05, 0) is 55.3 Å². The third-order valence-electron chi connectivity index (χ3n) is 5.55. The number of ether oxygens (including phenoxy) is 2. The molecule has 4 rings (SSSR count). The van der Waals surface area contributed by atoms with Gasteiger partial charge in [-0.25, -0.2) is 9.79 Å². The van der Waals surface area contributed by atoms with Crippen molar-refractivity contribution in [2.75, 3.05) is 13.7 Å². The summed E-state index contributed by atoms with van der Waals surface area (Å²) in [5.41, 5.74) is 2.17. The van der Waals surface area contributed by atoms with E-state index in [0.29, 0.717) is 43.4 Å². The molecule has 9 heteroatoms. The number of carbonyl (C=O) groups excluding carboxylic acids is 1. The molecule has 0 amide bonds. The average Bonchev–Trinajstić information content (AvgIpc) is 3.14. The molecule has 0 radical (unpaired) electrons. The maximum absolute atomic E-state index is 13.8. The first kappa shape index (κ1) is 25.4. The van der Waals surface area contributed by atoms with E-state index in [2.05, 4.69) is 15.9 Å². The summed E-state index contributed by atoms with van der Waals surface area (Å²) in [5.74, 6) is 0.00959. The van der Waals surface area contributed by atoms with E-state index in [-0.39, 0.29) is 12.2 Å². The smallest absolute Gasteiger partial charge is 0.338 e. The van der Waals surface area contributed by atoms with E-state index >= 15 is 0 Å². The second-order valence-corrected chi connectivity index (χ2v) is 10.2. The minimum Gasteiger partial charge on any atom is -0.496 e. The number of carbonyl (C=O) groups is 1. The number of thiazole rings is 1. The Morgan fingerprint density at radius 2 is 1.97 bits per heavy atom. The summed E-state index contributed by atoms with van der Waals surface area (Å²) >= 11 is 11.1. The van der Waals surface area contributed by atoms with Gasteiger partial charge in [0.1, 0.15) is 11.8 Å². The highest BCUT2D eigenvalue weighted by molar-refractivity contribution is 9.10. The quantitative estimate of drug-likeness (QED) is 0.372. The Labute approximate surface area is 220 Å². The van der Waals surface area contributed by atoms with E-state index in [1.54, 1.807) is 36.8 Å². The fourth-order valence-electron chi connectivity index (χ4n) is 4.04. The number of fused-ring (bicyclic) bond motifs is 1. The molecule has 0 fully saturated rings. The van der Waals surface area contributed by atoms with Crippen LogP contribution in [0.1, 0.15) is 43.9 Å². The SMILES string of the molecule is CCCC1=C(C(=O)OCC)[C@@H](c2cc(Cl)ccc2OC)n2c(s/c(=C/c3ccc(Br)cc3)c2=O)=N1. The first-order chi connectivity index (χ1) is 16.9. The maximum Gasteiger partial charge on any atom is 0.338 e. The first-order valence-electron chi connectivity index (χ1n) is 11.2. The Balaban J connectivity index is 2.04. The van der Waals surface area contributed by atoms with Gasteiger partial charge < -0.3 is 9.47 Å². The van der Waals surface area contributed by atoms with E-state index in [4.69, 9.17) is 26.1 Å². The molecule has 0 bridgehead atoms. The minimum atomic E-state index is -0.785. The van der Waals surface area contributed by atoms with Crippen LogP contribution in [0.2, 0.25) is 5.02 Å². The number of hydrogen-bond donors (Lipinski definition) is 0. The maximum atomic E-state index is 13.8. The first-order valence-corrected chi connectivity index (χ1v) is 13.2. The fraction of sp³-hybridized carbons (Fsp3) is 0.269. The van der Waals surface area contributed by atoms with Crippen LogP contribution in [-0.2, 0) is 9.53 Å². The molecule has 1 aromatic heterocycles. The molecule has 3 aromatic rings. The molecule has 0 unspecified atom stereocenters. The number of halogens is 2. The lowest BCUT2D eigenvalue weighted by Gasteiger charge is -2.27. The van der Waals surface area contributed by atoms with Gasteiger partial charge in [0.25, 0.3) is 5.56 Å². The third kappa shape index (κ3) is 5.15. The van der Waals surface area contributed by atoms with E-state index in [9.17, 15) is 9.59 Å². The van der Waals surface area contributed by atoms with Crippen molar-refractivity contribution in [3.05, 3.63) is 94.0 Å². The van der Waals surface area contributed by atoms with Gasteiger partial charge in [-0.2, -0.15) is 0 Å². The zero-order valence-corrected chi connectivity index (χ0v) is 22.7. The topological polar surface area (TPSA) is 69.9 Å². The van der Waals surface area contributed by atoms with Crippen molar-refractivity contribution in [2.24, 2.45) is 4.99 Å². The van der Waals surface area contributed by atoms with Gasteiger partial charge >= 0.3 is 5.97 Å². The summed E-state index contributed by atoms with van der Waals surface area (Å²) in [6.45, 7) is 3.97. The summed E-state index contributed by atoms with van der Waals surface area (Å²) in [7, 11) is 1.55. The Hall–Kier alpha value is -2.68. The van der Waals surface area contributed by atoms with Crippen LogP contribution in [0.25, 0.3) is 6.08 Å². The van der Waals surface area contributed by atoms with E-state index in [1.807, 2.05) is 37.3 Å². The molecule has 2 heterocycles. The number of benzene rings is 2. The second-order valence-electron chi connectivity index (χ2n) is 7.85. The van der Waals surface area contributed by atoms with Crippen LogP contribution in [0.15, 0.2) is 68.0 Å². The molecule has 0 spiro atoms. The molecule has 6 nitrogen and oxygen atoms in total. The summed E-state index contributed by atoms with van der Waals surface area (Å²) in [5, 5.41) is 0.468. The number of rotatable bonds is 7. The van der Waals surface area contributed by atoms with Gasteiger partial charge in [0.15, 0.2) is 4.80 Å². The van der Waals surface area contributed by atoms with Crippen LogP contribution in [0, 0.1) is 0 Å². The molecule has 0 N–H and O–H groups in total. The van der Waals surface area contributed by atoms with Crippen LogP contribution in [0.5, 0.6) is 5.75 Å². The molecule has 182 valence electrons. The Morgan fingerprint density at radius 3 is 2.63 bits per heavy atom. The Bertz CT molecular complexity index is 1470. The number of methoxy groups -OCH3 is 1. The predicted molar refractivity (Wildman–Crippen MR) is 142 cm³/mol. The number of hydrogen-bond acceptors (Lipinski definition) is 6. The third-order valence-corrected chi connectivity index (χ3v) is 7.29. The summed E-state index contributed by atoms with van der Waals surface area (Å²) in [6, 6.07) is 12.1. The van der Waals surface area contributed by atoms with Crippen molar-refractivity contribution in [3.8, 4) is 5.75 Å². The second kappa shape index (κ2) is 10.9. The lowest BCUT2D eigenvalue weighted by atomic mass is 9.93. The van der Waals surface area contributed by atoms with Crippen LogP contribution < -0.4 is 19.6 Å². The Kier molecular flexibility index (Phi) is 7.94. The molecule has 1 aliphatic heterocycles. The normalized spacial score (nSPS) is 15.6.